The Morgan fingerprint density at radius 2 is 2.31 bits per heavy atom. The van der Waals surface area contributed by atoms with E-state index in [2.05, 4.69) is 11.9 Å². The van der Waals surface area contributed by atoms with E-state index in [0.717, 1.165) is 12.1 Å². The lowest BCUT2D eigenvalue weighted by atomic mass is 10.2. The number of rotatable bonds is 4. The zero-order valence-electron chi connectivity index (χ0n) is 8.27. The minimum absolute atomic E-state index is 0.0324. The molecule has 0 aromatic heterocycles. The maximum absolute atomic E-state index is 13.1. The number of carbonyl (C=O) groups is 1. The normalized spacial score (nSPS) is 9.56. The lowest BCUT2D eigenvalue weighted by Crippen LogP contribution is -2.23. The smallest absolute Gasteiger partial charge is 0.304 e. The maximum Gasteiger partial charge on any atom is 0.304 e. The summed E-state index contributed by atoms with van der Waals surface area (Å²) >= 11 is 0. The van der Waals surface area contributed by atoms with Crippen LogP contribution in [0.4, 0.5) is 10.1 Å². The summed E-state index contributed by atoms with van der Waals surface area (Å²) in [4.78, 5) is 20.8. The quantitative estimate of drug-likeness (QED) is 0.480. The predicted molar refractivity (Wildman–Crippen MR) is 55.6 cm³/mol. The van der Waals surface area contributed by atoms with Gasteiger partial charge in [0.25, 0.3) is 5.91 Å². The molecule has 1 rings (SSSR count). The number of hydrogen-bond donors (Lipinski definition) is 1. The van der Waals surface area contributed by atoms with Gasteiger partial charge in [0.2, 0.25) is 5.82 Å². The standard InChI is InChI=1S/C10H9FN2O3/c1-2-5-12-10(14)7-3-4-9(13(15)16)8(11)6-7/h2-4,6H,1,5H2,(H,12,14). The first kappa shape index (κ1) is 11.8. The molecule has 0 aliphatic carbocycles. The second-order valence-corrected chi connectivity index (χ2v) is 2.92. The van der Waals surface area contributed by atoms with Crippen molar-refractivity contribution in [3.8, 4) is 0 Å². The number of nitro groups is 1. The van der Waals surface area contributed by atoms with Crippen molar-refractivity contribution in [2.45, 2.75) is 0 Å². The third-order valence-electron chi connectivity index (χ3n) is 1.81. The van der Waals surface area contributed by atoms with E-state index in [1.165, 1.54) is 12.1 Å². The zero-order chi connectivity index (χ0) is 12.1. The van der Waals surface area contributed by atoms with Gasteiger partial charge < -0.3 is 5.32 Å². The molecule has 0 spiro atoms. The molecule has 5 nitrogen and oxygen atoms in total. The number of nitrogens with zero attached hydrogens (tertiary/aromatic N) is 1. The number of carbonyl (C=O) groups excluding carboxylic acids is 1. The molecule has 1 aromatic carbocycles. The highest BCUT2D eigenvalue weighted by Crippen LogP contribution is 2.17. The first-order chi connectivity index (χ1) is 7.56. The van der Waals surface area contributed by atoms with Gasteiger partial charge in [-0.25, -0.2) is 0 Å². The van der Waals surface area contributed by atoms with Gasteiger partial charge >= 0.3 is 5.69 Å². The lowest BCUT2D eigenvalue weighted by molar-refractivity contribution is -0.387. The van der Waals surface area contributed by atoms with Gasteiger partial charge in [0, 0.05) is 18.2 Å². The molecule has 0 heterocycles. The highest BCUT2D eigenvalue weighted by Gasteiger charge is 2.16. The fraction of sp³-hybridized carbons (Fsp3) is 0.100. The van der Waals surface area contributed by atoms with Crippen LogP contribution >= 0.6 is 0 Å². The van der Waals surface area contributed by atoms with Gasteiger partial charge in [-0.2, -0.15) is 4.39 Å². The summed E-state index contributed by atoms with van der Waals surface area (Å²) in [6, 6.07) is 2.98. The minimum atomic E-state index is -1.03. The van der Waals surface area contributed by atoms with E-state index in [1.54, 1.807) is 0 Å². The van der Waals surface area contributed by atoms with E-state index in [1.807, 2.05) is 0 Å². The molecule has 0 fully saturated rings. The molecule has 6 heteroatoms. The molecule has 0 unspecified atom stereocenters. The second-order valence-electron chi connectivity index (χ2n) is 2.92. The van der Waals surface area contributed by atoms with E-state index in [-0.39, 0.29) is 12.1 Å². The van der Waals surface area contributed by atoms with E-state index in [0.29, 0.717) is 0 Å². The average molecular weight is 224 g/mol. The Morgan fingerprint density at radius 3 is 2.81 bits per heavy atom. The monoisotopic (exact) mass is 224 g/mol. The second kappa shape index (κ2) is 5.01. The molecular formula is C10H9FN2O3. The first-order valence-electron chi connectivity index (χ1n) is 4.39. The van der Waals surface area contributed by atoms with Gasteiger partial charge in [-0.1, -0.05) is 6.08 Å². The van der Waals surface area contributed by atoms with Gasteiger partial charge in [0.05, 0.1) is 4.92 Å². The number of amides is 1. The van der Waals surface area contributed by atoms with Crippen LogP contribution in [-0.4, -0.2) is 17.4 Å². The Hall–Kier alpha value is -2.24. The van der Waals surface area contributed by atoms with E-state index in [9.17, 15) is 19.3 Å². The molecule has 1 amide bonds. The molecule has 1 N–H and O–H groups in total. The molecule has 84 valence electrons. The van der Waals surface area contributed by atoms with Crippen molar-refractivity contribution in [2.75, 3.05) is 6.54 Å². The molecule has 0 saturated carbocycles. The Morgan fingerprint density at radius 1 is 1.62 bits per heavy atom. The number of benzene rings is 1. The van der Waals surface area contributed by atoms with Crippen molar-refractivity contribution in [3.05, 3.63) is 52.3 Å². The van der Waals surface area contributed by atoms with Crippen molar-refractivity contribution in [3.63, 3.8) is 0 Å². The maximum atomic E-state index is 13.1. The van der Waals surface area contributed by atoms with Crippen LogP contribution in [0.25, 0.3) is 0 Å². The topological polar surface area (TPSA) is 72.2 Å². The summed E-state index contributed by atoms with van der Waals surface area (Å²) in [6.07, 6.45) is 1.47. The highest BCUT2D eigenvalue weighted by atomic mass is 19.1. The average Bonchev–Trinajstić information content (AvgIpc) is 2.25. The van der Waals surface area contributed by atoms with Crippen LogP contribution < -0.4 is 5.32 Å². The van der Waals surface area contributed by atoms with Gasteiger partial charge in [-0.05, 0) is 12.1 Å². The number of nitro benzene ring substituents is 1. The fourth-order valence-corrected chi connectivity index (χ4v) is 1.06. The number of hydrogen-bond acceptors (Lipinski definition) is 3. The summed E-state index contributed by atoms with van der Waals surface area (Å²) in [5.41, 5.74) is -0.620. The van der Waals surface area contributed by atoms with Crippen molar-refractivity contribution < 1.29 is 14.1 Å². The van der Waals surface area contributed by atoms with Crippen molar-refractivity contribution in [1.29, 1.82) is 0 Å². The third-order valence-corrected chi connectivity index (χ3v) is 1.81. The third kappa shape index (κ3) is 2.63. The molecular weight excluding hydrogens is 215 g/mol. The highest BCUT2D eigenvalue weighted by molar-refractivity contribution is 5.94. The Bertz CT molecular complexity index is 446. The Labute approximate surface area is 90.7 Å². The molecule has 0 bridgehead atoms. The van der Waals surface area contributed by atoms with Crippen molar-refractivity contribution in [2.24, 2.45) is 0 Å². The molecule has 0 aliphatic heterocycles. The summed E-state index contributed by atoms with van der Waals surface area (Å²) < 4.78 is 13.1. The molecule has 0 radical (unpaired) electrons. The van der Waals surface area contributed by atoms with Crippen molar-refractivity contribution in [1.82, 2.24) is 5.32 Å². The van der Waals surface area contributed by atoms with E-state index in [4.69, 9.17) is 0 Å². The summed E-state index contributed by atoms with van der Waals surface area (Å²) in [5, 5.41) is 12.8. The number of nitrogens with one attached hydrogen (secondary N) is 1. The van der Waals surface area contributed by atoms with Crippen LogP contribution in [0.15, 0.2) is 30.9 Å². The Balaban J connectivity index is 2.92. The van der Waals surface area contributed by atoms with Crippen LogP contribution in [-0.2, 0) is 0 Å². The van der Waals surface area contributed by atoms with Crippen LogP contribution in [0.1, 0.15) is 10.4 Å². The zero-order valence-corrected chi connectivity index (χ0v) is 8.27. The molecule has 0 aliphatic rings. The fourth-order valence-electron chi connectivity index (χ4n) is 1.06. The molecule has 1 aromatic rings. The van der Waals surface area contributed by atoms with Crippen LogP contribution in [0.5, 0.6) is 0 Å². The van der Waals surface area contributed by atoms with E-state index >= 15 is 0 Å². The van der Waals surface area contributed by atoms with E-state index < -0.39 is 22.3 Å². The lowest BCUT2D eigenvalue weighted by Gasteiger charge is -2.02. The molecule has 0 saturated heterocycles. The minimum Gasteiger partial charge on any atom is -0.349 e. The van der Waals surface area contributed by atoms with Crippen LogP contribution in [0, 0.1) is 15.9 Å². The summed E-state index contributed by atoms with van der Waals surface area (Å²) in [6.45, 7) is 3.65. The van der Waals surface area contributed by atoms with Crippen LogP contribution in [0.3, 0.4) is 0 Å². The van der Waals surface area contributed by atoms with Gasteiger partial charge in [0.15, 0.2) is 0 Å². The summed E-state index contributed by atoms with van der Waals surface area (Å²) in [7, 11) is 0. The summed E-state index contributed by atoms with van der Waals surface area (Å²) in [5.74, 6) is -1.54. The molecule has 16 heavy (non-hydrogen) atoms. The van der Waals surface area contributed by atoms with Gasteiger partial charge in [-0.3, -0.25) is 14.9 Å². The van der Waals surface area contributed by atoms with Crippen LogP contribution in [0.2, 0.25) is 0 Å². The SMILES string of the molecule is C=CCNC(=O)c1ccc([N+](=O)[O-])c(F)c1. The van der Waals surface area contributed by atoms with Gasteiger partial charge in [0.1, 0.15) is 0 Å². The largest absolute Gasteiger partial charge is 0.349 e. The first-order valence-corrected chi connectivity index (χ1v) is 4.39. The van der Waals surface area contributed by atoms with Crippen molar-refractivity contribution >= 4 is 11.6 Å². The Kier molecular flexibility index (Phi) is 3.71. The predicted octanol–water partition coefficient (Wildman–Crippen LogP) is 1.65. The number of halogens is 1. The van der Waals surface area contributed by atoms with Gasteiger partial charge in [-0.15, -0.1) is 6.58 Å². The molecule has 0 atom stereocenters.